The summed E-state index contributed by atoms with van der Waals surface area (Å²) in [5.41, 5.74) is 2.26. The van der Waals surface area contributed by atoms with E-state index in [2.05, 4.69) is 20.3 Å². The van der Waals surface area contributed by atoms with E-state index >= 15 is 8.78 Å². The molecule has 3 heterocycles. The highest BCUT2D eigenvalue weighted by Crippen LogP contribution is 2.51. The Morgan fingerprint density at radius 2 is 1.67 bits per heavy atom. The third-order valence-electron chi connectivity index (χ3n) is 9.20. The molecule has 3 aromatic carbocycles. The van der Waals surface area contributed by atoms with E-state index in [0.29, 0.717) is 17.5 Å². The lowest BCUT2D eigenvalue weighted by molar-refractivity contribution is -0.124. The summed E-state index contributed by atoms with van der Waals surface area (Å²) in [6.07, 6.45) is 5.38. The average Bonchev–Trinajstić information content (AvgIpc) is 3.61. The summed E-state index contributed by atoms with van der Waals surface area (Å²) in [7, 11) is 0. The Balaban J connectivity index is 1.16. The Morgan fingerprint density at radius 1 is 0.917 bits per heavy atom. The van der Waals surface area contributed by atoms with Gasteiger partial charge in [0.05, 0.1) is 12.7 Å². The molecule has 8 nitrogen and oxygen atoms in total. The van der Waals surface area contributed by atoms with Gasteiger partial charge < -0.3 is 10.3 Å². The quantitative estimate of drug-likeness (QED) is 0.173. The largest absolute Gasteiger partial charge is 0.358 e. The van der Waals surface area contributed by atoms with Gasteiger partial charge in [0.25, 0.3) is 17.4 Å². The summed E-state index contributed by atoms with van der Waals surface area (Å²) in [5, 5.41) is 3.60. The van der Waals surface area contributed by atoms with Gasteiger partial charge in [0.2, 0.25) is 0 Å². The number of alkyl halides is 2. The van der Waals surface area contributed by atoms with E-state index in [0.717, 1.165) is 16.6 Å². The van der Waals surface area contributed by atoms with Crippen LogP contribution in [0, 0.1) is 11.8 Å². The molecule has 1 amide bonds. The molecule has 0 radical (unpaired) electrons. The number of nitrogens with one attached hydrogen (secondary N) is 2. The first-order valence-electron chi connectivity index (χ1n) is 15.6. The van der Waals surface area contributed by atoms with Gasteiger partial charge in [-0.25, -0.2) is 4.98 Å². The van der Waals surface area contributed by atoms with E-state index in [-0.39, 0.29) is 52.0 Å². The number of carbonyl (C=O) groups excluding carboxylic acids is 2. The second-order valence-corrected chi connectivity index (χ2v) is 12.3. The van der Waals surface area contributed by atoms with Gasteiger partial charge >= 0.3 is 0 Å². The van der Waals surface area contributed by atoms with E-state index in [1.165, 1.54) is 35.0 Å². The van der Waals surface area contributed by atoms with Crippen LogP contribution in [0.4, 0.5) is 14.5 Å². The molecule has 0 fully saturated rings. The smallest absolute Gasteiger partial charge is 0.299 e. The zero-order chi connectivity index (χ0) is 33.6. The van der Waals surface area contributed by atoms with Gasteiger partial charge in [0, 0.05) is 57.2 Å². The van der Waals surface area contributed by atoms with Gasteiger partial charge in [-0.2, -0.15) is 8.78 Å². The lowest BCUT2D eigenvalue weighted by Gasteiger charge is -2.20. The molecule has 2 unspecified atom stereocenters. The molecular weight excluding hydrogens is 612 g/mol. The third-order valence-corrected chi connectivity index (χ3v) is 9.20. The molecule has 240 valence electrons. The molecule has 10 heteroatoms. The van der Waals surface area contributed by atoms with Crippen LogP contribution >= 0.6 is 0 Å². The summed E-state index contributed by atoms with van der Waals surface area (Å²) in [6, 6.07) is 23.1. The first-order chi connectivity index (χ1) is 23.1. The minimum absolute atomic E-state index is 0.0532. The Bertz CT molecular complexity index is 2230. The second kappa shape index (κ2) is 12.1. The number of halogens is 2. The van der Waals surface area contributed by atoms with Crippen molar-refractivity contribution in [3.63, 3.8) is 0 Å². The number of rotatable bonds is 9. The van der Waals surface area contributed by atoms with Crippen molar-refractivity contribution in [1.29, 1.82) is 0 Å². The molecule has 1 aliphatic rings. The highest BCUT2D eigenvalue weighted by Gasteiger charge is 2.44. The fourth-order valence-corrected chi connectivity index (χ4v) is 6.34. The van der Waals surface area contributed by atoms with E-state index in [9.17, 15) is 14.4 Å². The summed E-state index contributed by atoms with van der Waals surface area (Å²) in [5.74, 6) is -4.18. The maximum Gasteiger partial charge on any atom is 0.299 e. The minimum Gasteiger partial charge on any atom is -0.358 e. The number of Topliss-reactive ketones (excluding diaryl/α,β-unsaturated/α-hetero) is 1. The van der Waals surface area contributed by atoms with Crippen LogP contribution in [0.1, 0.15) is 41.0 Å². The number of hydrogen-bond donors (Lipinski definition) is 2. The number of carbonyl (C=O) groups is 2. The highest BCUT2D eigenvalue weighted by molar-refractivity contribution is 6.05. The number of pyridine rings is 1. The van der Waals surface area contributed by atoms with Crippen LogP contribution in [0.25, 0.3) is 33.4 Å². The molecule has 2 atom stereocenters. The molecule has 0 spiro atoms. The molecule has 2 N–H and O–H groups in total. The average molecular weight is 644 g/mol. The molecule has 48 heavy (non-hydrogen) atoms. The van der Waals surface area contributed by atoms with E-state index in [4.69, 9.17) is 0 Å². The van der Waals surface area contributed by atoms with Crippen LogP contribution in [0.3, 0.4) is 0 Å². The zero-order valence-corrected chi connectivity index (χ0v) is 26.2. The van der Waals surface area contributed by atoms with Gasteiger partial charge in [-0.15, -0.1) is 0 Å². The number of aromatic amines is 1. The second-order valence-electron chi connectivity index (χ2n) is 12.3. The first kappa shape index (κ1) is 30.9. The van der Waals surface area contributed by atoms with Crippen molar-refractivity contribution >= 4 is 28.3 Å². The van der Waals surface area contributed by atoms with Gasteiger partial charge in [-0.3, -0.25) is 23.9 Å². The van der Waals surface area contributed by atoms with E-state index in [1.807, 2.05) is 32.0 Å². The van der Waals surface area contributed by atoms with Crippen molar-refractivity contribution in [3.8, 4) is 22.5 Å². The van der Waals surface area contributed by atoms with Crippen LogP contribution in [-0.2, 0) is 23.7 Å². The molecule has 3 aromatic heterocycles. The number of hydrogen-bond acceptors (Lipinski definition) is 5. The Kier molecular flexibility index (Phi) is 7.79. The van der Waals surface area contributed by atoms with E-state index < -0.39 is 23.3 Å². The molecule has 0 saturated carbocycles. The van der Waals surface area contributed by atoms with Gasteiger partial charge in [0.1, 0.15) is 11.5 Å². The van der Waals surface area contributed by atoms with Crippen molar-refractivity contribution in [3.05, 3.63) is 136 Å². The van der Waals surface area contributed by atoms with E-state index in [1.54, 1.807) is 54.9 Å². The Morgan fingerprint density at radius 3 is 2.46 bits per heavy atom. The summed E-state index contributed by atoms with van der Waals surface area (Å²) in [4.78, 5) is 53.1. The predicted octanol–water partition coefficient (Wildman–Crippen LogP) is 7.24. The van der Waals surface area contributed by atoms with Crippen LogP contribution in [0.15, 0.2) is 108 Å². The molecule has 1 aliphatic carbocycles. The van der Waals surface area contributed by atoms with Crippen molar-refractivity contribution < 1.29 is 18.4 Å². The summed E-state index contributed by atoms with van der Waals surface area (Å²) < 4.78 is 31.4. The topological polar surface area (TPSA) is 110 Å². The first-order valence-corrected chi connectivity index (χ1v) is 15.6. The number of H-pyrrole nitrogens is 1. The van der Waals surface area contributed by atoms with Crippen molar-refractivity contribution in [2.75, 3.05) is 5.32 Å². The Labute approximate surface area is 274 Å². The Hall–Kier alpha value is -5.77. The van der Waals surface area contributed by atoms with Crippen LogP contribution in [-0.4, -0.2) is 31.2 Å². The SMILES string of the molecule is CC(Cc1cc2cnccc2[nH]1)C(C)C(=O)Cn1c(-c2ccccc2)ncc(NC(=O)c2ccc3c(c2)-c2ccccc2C3(F)F)c1=O. The van der Waals surface area contributed by atoms with Crippen LogP contribution < -0.4 is 10.9 Å². The van der Waals surface area contributed by atoms with Crippen molar-refractivity contribution in [1.82, 2.24) is 19.5 Å². The summed E-state index contributed by atoms with van der Waals surface area (Å²) in [6.45, 7) is 3.58. The molecule has 6 aromatic rings. The van der Waals surface area contributed by atoms with Gasteiger partial charge in [-0.05, 0) is 47.7 Å². The number of nitrogens with zero attached hydrogens (tertiary/aromatic N) is 3. The number of amides is 1. The number of aromatic nitrogens is 4. The number of fused-ring (bicyclic) bond motifs is 4. The molecular formula is C38H31F2N5O3. The summed E-state index contributed by atoms with van der Waals surface area (Å²) >= 11 is 0. The van der Waals surface area contributed by atoms with Crippen molar-refractivity contribution in [2.45, 2.75) is 32.7 Å². The molecule has 0 bridgehead atoms. The lowest BCUT2D eigenvalue weighted by Crippen LogP contribution is -2.33. The molecule has 0 aliphatic heterocycles. The standard InChI is InChI=1S/C38H31F2N5O3/c1-22(16-27-17-26-19-41-15-14-32(26)43-27)23(2)34(46)21-45-35(24-8-4-3-5-9-24)42-20-33(37(45)48)44-36(47)25-12-13-31-29(18-25)28-10-6-7-11-30(28)38(31,39)40/h3-15,17-20,22-23,43H,16,21H2,1-2H3,(H,44,47). The monoisotopic (exact) mass is 643 g/mol. The lowest BCUT2D eigenvalue weighted by atomic mass is 9.88. The number of benzene rings is 3. The predicted molar refractivity (Wildman–Crippen MR) is 180 cm³/mol. The number of ketones is 1. The minimum atomic E-state index is -3.18. The highest BCUT2D eigenvalue weighted by atomic mass is 19.3. The zero-order valence-electron chi connectivity index (χ0n) is 26.2. The fraction of sp³-hybridized carbons (Fsp3) is 0.184. The maximum atomic E-state index is 15.1. The van der Waals surface area contributed by atoms with Gasteiger partial charge in [0.15, 0.2) is 5.78 Å². The normalized spacial score (nSPS) is 14.2. The van der Waals surface area contributed by atoms with Crippen molar-refractivity contribution in [2.24, 2.45) is 11.8 Å². The van der Waals surface area contributed by atoms with Gasteiger partial charge in [-0.1, -0.05) is 74.5 Å². The van der Waals surface area contributed by atoms with Crippen LogP contribution in [0.2, 0.25) is 0 Å². The maximum absolute atomic E-state index is 15.1. The third kappa shape index (κ3) is 5.49. The molecule has 0 saturated heterocycles. The van der Waals surface area contributed by atoms with Crippen LogP contribution in [0.5, 0.6) is 0 Å². The fourth-order valence-electron chi connectivity index (χ4n) is 6.34. The number of anilines is 1. The molecule has 7 rings (SSSR count).